The summed E-state index contributed by atoms with van der Waals surface area (Å²) in [5.41, 5.74) is 2.64. The molecular formula is C14H21N5O. The van der Waals surface area contributed by atoms with E-state index in [0.717, 1.165) is 30.6 Å². The van der Waals surface area contributed by atoms with Crippen LogP contribution in [0.15, 0.2) is 6.07 Å². The number of hydrogen-bond donors (Lipinski definition) is 3. The lowest BCUT2D eigenvalue weighted by Crippen LogP contribution is -2.31. The van der Waals surface area contributed by atoms with Crippen molar-refractivity contribution in [3.63, 3.8) is 0 Å². The summed E-state index contributed by atoms with van der Waals surface area (Å²) in [6.45, 7) is 0.849. The number of nitrogen functional groups attached to an aromatic ring is 1. The molecule has 1 aliphatic heterocycles. The number of ether oxygens (including phenoxy) is 1. The molecule has 1 saturated heterocycles. The van der Waals surface area contributed by atoms with Crippen molar-refractivity contribution in [2.75, 3.05) is 17.3 Å². The number of anilines is 2. The van der Waals surface area contributed by atoms with Gasteiger partial charge in [-0.2, -0.15) is 0 Å². The second kappa shape index (κ2) is 4.86. The Kier molecular flexibility index (Phi) is 3.00. The quantitative estimate of drug-likeness (QED) is 0.559. The molecule has 0 bridgehead atoms. The van der Waals surface area contributed by atoms with Gasteiger partial charge in [-0.3, -0.25) is 0 Å². The summed E-state index contributed by atoms with van der Waals surface area (Å²) in [4.78, 5) is 9.08. The van der Waals surface area contributed by atoms with Crippen molar-refractivity contribution in [3.8, 4) is 0 Å². The molecule has 6 heteroatoms. The lowest BCUT2D eigenvalue weighted by Gasteiger charge is -2.20. The molecule has 3 aliphatic rings. The Bertz CT molecular complexity index is 500. The molecule has 2 heterocycles. The average Bonchev–Trinajstić information content (AvgIpc) is 3.37. The minimum Gasteiger partial charge on any atom is -0.376 e. The first-order valence-corrected chi connectivity index (χ1v) is 7.57. The van der Waals surface area contributed by atoms with E-state index in [1.165, 1.54) is 25.7 Å². The van der Waals surface area contributed by atoms with E-state index in [1.54, 1.807) is 0 Å². The smallest absolute Gasteiger partial charge is 0.145 e. The molecule has 2 unspecified atom stereocenters. The Morgan fingerprint density at radius 3 is 2.60 bits per heavy atom. The lowest BCUT2D eigenvalue weighted by atomic mass is 10.1. The summed E-state index contributed by atoms with van der Waals surface area (Å²) in [5.74, 6) is 9.23. The molecule has 0 radical (unpaired) electrons. The Balaban J connectivity index is 1.53. The van der Waals surface area contributed by atoms with Gasteiger partial charge in [0.15, 0.2) is 0 Å². The molecule has 4 rings (SSSR count). The van der Waals surface area contributed by atoms with Crippen LogP contribution in [0.3, 0.4) is 0 Å². The highest BCUT2D eigenvalue weighted by molar-refractivity contribution is 5.48. The molecule has 1 aromatic rings. The van der Waals surface area contributed by atoms with Gasteiger partial charge in [-0.1, -0.05) is 0 Å². The summed E-state index contributed by atoms with van der Waals surface area (Å²) < 4.78 is 5.86. The summed E-state index contributed by atoms with van der Waals surface area (Å²) in [6.07, 6.45) is 6.37. The van der Waals surface area contributed by atoms with Crippen molar-refractivity contribution in [1.29, 1.82) is 0 Å². The predicted octanol–water partition coefficient (Wildman–Crippen LogP) is 1.62. The van der Waals surface area contributed by atoms with Crippen LogP contribution in [0.2, 0.25) is 0 Å². The van der Waals surface area contributed by atoms with E-state index in [1.807, 2.05) is 6.07 Å². The number of hydrazine groups is 1. The molecule has 20 heavy (non-hydrogen) atoms. The molecule has 3 fully saturated rings. The molecule has 4 N–H and O–H groups in total. The van der Waals surface area contributed by atoms with Crippen LogP contribution in [0.5, 0.6) is 0 Å². The molecule has 0 spiro atoms. The summed E-state index contributed by atoms with van der Waals surface area (Å²) in [6, 6.07) is 2.25. The van der Waals surface area contributed by atoms with Crippen LogP contribution >= 0.6 is 0 Å². The van der Waals surface area contributed by atoms with Crippen LogP contribution in [-0.4, -0.2) is 28.7 Å². The van der Waals surface area contributed by atoms with E-state index < -0.39 is 0 Å². The van der Waals surface area contributed by atoms with Gasteiger partial charge < -0.3 is 15.5 Å². The molecule has 6 nitrogen and oxygen atoms in total. The number of hydrogen-bond acceptors (Lipinski definition) is 6. The molecule has 2 aliphatic carbocycles. The fourth-order valence-corrected chi connectivity index (χ4v) is 2.98. The van der Waals surface area contributed by atoms with Crippen molar-refractivity contribution in [1.82, 2.24) is 9.97 Å². The maximum atomic E-state index is 5.86. The minimum atomic E-state index is 0.351. The van der Waals surface area contributed by atoms with Crippen LogP contribution < -0.4 is 16.6 Å². The molecule has 2 atom stereocenters. The number of aromatic nitrogens is 2. The Labute approximate surface area is 118 Å². The molecular weight excluding hydrogens is 254 g/mol. The number of nitrogens with two attached hydrogens (primary N) is 1. The minimum absolute atomic E-state index is 0.351. The highest BCUT2D eigenvalue weighted by Crippen LogP contribution is 2.41. The van der Waals surface area contributed by atoms with Crippen molar-refractivity contribution in [3.05, 3.63) is 11.9 Å². The van der Waals surface area contributed by atoms with Crippen LogP contribution in [0.1, 0.15) is 43.8 Å². The largest absolute Gasteiger partial charge is 0.376 e. The SMILES string of the molecule is NNc1cc(NC2CCOC2C2CC2)nc(C2CC2)n1. The van der Waals surface area contributed by atoms with Gasteiger partial charge in [0, 0.05) is 18.6 Å². The maximum Gasteiger partial charge on any atom is 0.145 e. The van der Waals surface area contributed by atoms with Crippen molar-refractivity contribution in [2.24, 2.45) is 11.8 Å². The molecule has 2 saturated carbocycles. The first-order chi connectivity index (χ1) is 9.83. The molecule has 0 amide bonds. The van der Waals surface area contributed by atoms with Crippen molar-refractivity contribution < 1.29 is 4.74 Å². The highest BCUT2D eigenvalue weighted by Gasteiger charge is 2.40. The van der Waals surface area contributed by atoms with Gasteiger partial charge in [-0.25, -0.2) is 15.8 Å². The van der Waals surface area contributed by atoms with Crippen LogP contribution in [-0.2, 0) is 4.74 Å². The van der Waals surface area contributed by atoms with Crippen LogP contribution in [0.4, 0.5) is 11.6 Å². The molecule has 0 aromatic carbocycles. The molecule has 108 valence electrons. The third kappa shape index (κ3) is 2.45. The van der Waals surface area contributed by atoms with Gasteiger partial charge in [0.2, 0.25) is 0 Å². The summed E-state index contributed by atoms with van der Waals surface area (Å²) in [5, 5.41) is 3.54. The number of rotatable bonds is 5. The summed E-state index contributed by atoms with van der Waals surface area (Å²) >= 11 is 0. The Hall–Kier alpha value is -1.40. The van der Waals surface area contributed by atoms with E-state index in [9.17, 15) is 0 Å². The number of nitrogens with zero attached hydrogens (tertiary/aromatic N) is 2. The first-order valence-electron chi connectivity index (χ1n) is 7.57. The van der Waals surface area contributed by atoms with E-state index in [4.69, 9.17) is 10.6 Å². The van der Waals surface area contributed by atoms with E-state index in [-0.39, 0.29) is 0 Å². The lowest BCUT2D eigenvalue weighted by molar-refractivity contribution is 0.0898. The van der Waals surface area contributed by atoms with Gasteiger partial charge in [0.25, 0.3) is 0 Å². The third-order valence-electron chi connectivity index (χ3n) is 4.39. The second-order valence-electron chi connectivity index (χ2n) is 6.13. The zero-order chi connectivity index (χ0) is 13.5. The van der Waals surface area contributed by atoms with Crippen LogP contribution in [0, 0.1) is 5.92 Å². The zero-order valence-corrected chi connectivity index (χ0v) is 11.5. The Morgan fingerprint density at radius 1 is 1.10 bits per heavy atom. The zero-order valence-electron chi connectivity index (χ0n) is 11.5. The van der Waals surface area contributed by atoms with E-state index in [2.05, 4.69) is 20.7 Å². The van der Waals surface area contributed by atoms with Gasteiger partial charge in [-0.05, 0) is 38.0 Å². The first kappa shape index (κ1) is 12.3. The average molecular weight is 275 g/mol. The fraction of sp³-hybridized carbons (Fsp3) is 0.714. The molecule has 1 aromatic heterocycles. The van der Waals surface area contributed by atoms with E-state index >= 15 is 0 Å². The van der Waals surface area contributed by atoms with Crippen molar-refractivity contribution >= 4 is 11.6 Å². The number of nitrogens with one attached hydrogen (secondary N) is 2. The van der Waals surface area contributed by atoms with Crippen LogP contribution in [0.25, 0.3) is 0 Å². The maximum absolute atomic E-state index is 5.86. The monoisotopic (exact) mass is 275 g/mol. The van der Waals surface area contributed by atoms with E-state index in [0.29, 0.717) is 23.9 Å². The third-order valence-corrected chi connectivity index (χ3v) is 4.39. The standard InChI is InChI=1S/C14H21N5O/c15-19-12-7-11(17-14(18-12)9-3-4-9)16-10-5-6-20-13(10)8-1-2-8/h7-10,13H,1-6,15H2,(H2,16,17,18,19). The van der Waals surface area contributed by atoms with Gasteiger partial charge >= 0.3 is 0 Å². The second-order valence-corrected chi connectivity index (χ2v) is 6.13. The topological polar surface area (TPSA) is 85.1 Å². The Morgan fingerprint density at radius 2 is 1.90 bits per heavy atom. The fourth-order valence-electron chi connectivity index (χ4n) is 2.98. The van der Waals surface area contributed by atoms with Gasteiger partial charge in [0.1, 0.15) is 17.5 Å². The highest BCUT2D eigenvalue weighted by atomic mass is 16.5. The predicted molar refractivity (Wildman–Crippen MR) is 76.3 cm³/mol. The van der Waals surface area contributed by atoms with Crippen molar-refractivity contribution in [2.45, 2.75) is 50.2 Å². The van der Waals surface area contributed by atoms with Gasteiger partial charge in [-0.15, -0.1) is 0 Å². The summed E-state index contributed by atoms with van der Waals surface area (Å²) in [7, 11) is 0. The normalized spacial score (nSPS) is 29.4. The van der Waals surface area contributed by atoms with Gasteiger partial charge in [0.05, 0.1) is 12.1 Å².